The summed E-state index contributed by atoms with van der Waals surface area (Å²) in [4.78, 5) is 25.1. The fraction of sp³-hybridized carbons (Fsp3) is 0.357. The molecule has 0 spiro atoms. The molecule has 0 aliphatic carbocycles. The number of H-pyrrole nitrogens is 1. The van der Waals surface area contributed by atoms with Crippen molar-refractivity contribution in [3.63, 3.8) is 0 Å². The van der Waals surface area contributed by atoms with E-state index in [0.29, 0.717) is 18.5 Å². The lowest BCUT2D eigenvalue weighted by Crippen LogP contribution is -2.42. The van der Waals surface area contributed by atoms with E-state index in [1.54, 1.807) is 23.2 Å². The van der Waals surface area contributed by atoms with E-state index >= 15 is 0 Å². The van der Waals surface area contributed by atoms with E-state index in [1.165, 1.54) is 0 Å². The lowest BCUT2D eigenvalue weighted by molar-refractivity contribution is -0.143. The van der Waals surface area contributed by atoms with Crippen molar-refractivity contribution in [3.05, 3.63) is 30.0 Å². The quantitative estimate of drug-likeness (QED) is 0.868. The average Bonchev–Trinajstić information content (AvgIpc) is 2.94. The Bertz CT molecular complexity index is 664. The number of amides is 1. The minimum Gasteiger partial charge on any atom is -0.481 e. The van der Waals surface area contributed by atoms with Crippen molar-refractivity contribution in [1.82, 2.24) is 15.1 Å². The number of aliphatic carboxylic acids is 1. The van der Waals surface area contributed by atoms with Crippen molar-refractivity contribution in [3.8, 4) is 0 Å². The topological polar surface area (TPSA) is 86.3 Å². The number of hydrogen-bond acceptors (Lipinski definition) is 3. The number of rotatable bonds is 2. The van der Waals surface area contributed by atoms with Crippen molar-refractivity contribution in [2.45, 2.75) is 12.8 Å². The molecule has 1 aliphatic rings. The second-order valence-electron chi connectivity index (χ2n) is 5.10. The molecule has 1 unspecified atom stereocenters. The Labute approximate surface area is 115 Å². The van der Waals surface area contributed by atoms with Crippen LogP contribution in [0, 0.1) is 5.92 Å². The Morgan fingerprint density at radius 2 is 2.25 bits per heavy atom. The van der Waals surface area contributed by atoms with Gasteiger partial charge in [0.1, 0.15) is 0 Å². The highest BCUT2D eigenvalue weighted by molar-refractivity contribution is 5.98. The minimum absolute atomic E-state index is 0.118. The number of carbonyl (C=O) groups excluding carboxylic acids is 1. The smallest absolute Gasteiger partial charge is 0.308 e. The van der Waals surface area contributed by atoms with Crippen LogP contribution in [0.2, 0.25) is 0 Å². The van der Waals surface area contributed by atoms with Crippen LogP contribution in [0.5, 0.6) is 0 Å². The van der Waals surface area contributed by atoms with Crippen LogP contribution in [0.15, 0.2) is 24.4 Å². The Morgan fingerprint density at radius 3 is 3.05 bits per heavy atom. The summed E-state index contributed by atoms with van der Waals surface area (Å²) in [7, 11) is 0. The van der Waals surface area contributed by atoms with Crippen LogP contribution >= 0.6 is 0 Å². The summed E-state index contributed by atoms with van der Waals surface area (Å²) >= 11 is 0. The number of benzene rings is 1. The molecule has 2 heterocycles. The van der Waals surface area contributed by atoms with Gasteiger partial charge in [-0.3, -0.25) is 14.7 Å². The van der Waals surface area contributed by atoms with Crippen LogP contribution in [0.3, 0.4) is 0 Å². The molecule has 1 atom stereocenters. The molecule has 0 bridgehead atoms. The number of fused-ring (bicyclic) bond motifs is 1. The van der Waals surface area contributed by atoms with E-state index in [2.05, 4.69) is 10.2 Å². The van der Waals surface area contributed by atoms with E-state index in [0.717, 1.165) is 17.3 Å². The number of carbonyl (C=O) groups is 2. The molecule has 0 saturated carbocycles. The SMILES string of the molecule is O=C(O)C1CCCN(C(=O)c2ccc3cn[nH]c3c2)C1. The number of carboxylic acids is 1. The number of piperidine rings is 1. The molecule has 1 aromatic carbocycles. The summed E-state index contributed by atoms with van der Waals surface area (Å²) in [6.45, 7) is 0.902. The molecule has 1 aliphatic heterocycles. The third-order valence-corrected chi connectivity index (χ3v) is 3.75. The van der Waals surface area contributed by atoms with Gasteiger partial charge in [-0.25, -0.2) is 0 Å². The first-order valence-corrected chi connectivity index (χ1v) is 6.60. The number of carboxylic acid groups (broad SMARTS) is 1. The molecule has 104 valence electrons. The molecule has 1 aromatic heterocycles. The van der Waals surface area contributed by atoms with Crippen LogP contribution in [0.1, 0.15) is 23.2 Å². The van der Waals surface area contributed by atoms with Crippen molar-refractivity contribution in [2.24, 2.45) is 5.92 Å². The predicted octanol–water partition coefficient (Wildman–Crippen LogP) is 1.50. The van der Waals surface area contributed by atoms with Crippen LogP contribution in [0.25, 0.3) is 10.9 Å². The fourth-order valence-corrected chi connectivity index (χ4v) is 2.62. The molecule has 2 aromatic rings. The highest BCUT2D eigenvalue weighted by atomic mass is 16.4. The summed E-state index contributed by atoms with van der Waals surface area (Å²) < 4.78 is 0. The molecule has 1 fully saturated rings. The summed E-state index contributed by atoms with van der Waals surface area (Å²) in [6, 6.07) is 5.35. The van der Waals surface area contributed by atoms with Gasteiger partial charge in [-0.2, -0.15) is 5.10 Å². The van der Waals surface area contributed by atoms with Crippen LogP contribution in [0.4, 0.5) is 0 Å². The maximum atomic E-state index is 12.4. The Kier molecular flexibility index (Phi) is 3.14. The Morgan fingerprint density at radius 1 is 1.40 bits per heavy atom. The Balaban J connectivity index is 1.82. The second-order valence-corrected chi connectivity index (χ2v) is 5.10. The van der Waals surface area contributed by atoms with Crippen molar-refractivity contribution < 1.29 is 14.7 Å². The zero-order valence-electron chi connectivity index (χ0n) is 10.9. The van der Waals surface area contributed by atoms with Crippen molar-refractivity contribution >= 4 is 22.8 Å². The summed E-state index contributed by atoms with van der Waals surface area (Å²) in [6.07, 6.45) is 3.07. The van der Waals surface area contributed by atoms with Gasteiger partial charge in [0.25, 0.3) is 5.91 Å². The molecule has 6 heteroatoms. The third-order valence-electron chi connectivity index (χ3n) is 3.75. The average molecular weight is 273 g/mol. The first-order chi connectivity index (χ1) is 9.65. The highest BCUT2D eigenvalue weighted by Crippen LogP contribution is 2.20. The number of hydrogen-bond donors (Lipinski definition) is 2. The molecular weight excluding hydrogens is 258 g/mol. The van der Waals surface area contributed by atoms with Gasteiger partial charge in [0, 0.05) is 24.0 Å². The zero-order chi connectivity index (χ0) is 14.1. The molecule has 20 heavy (non-hydrogen) atoms. The Hall–Kier alpha value is -2.37. The van der Waals surface area contributed by atoms with Gasteiger partial charge in [-0.1, -0.05) is 6.07 Å². The minimum atomic E-state index is -0.827. The van der Waals surface area contributed by atoms with E-state index in [1.807, 2.05) is 6.07 Å². The van der Waals surface area contributed by atoms with Gasteiger partial charge in [-0.05, 0) is 25.0 Å². The number of nitrogens with one attached hydrogen (secondary N) is 1. The molecule has 6 nitrogen and oxygen atoms in total. The normalized spacial score (nSPS) is 19.2. The first kappa shape index (κ1) is 12.7. The number of aromatic nitrogens is 2. The van der Waals surface area contributed by atoms with Crippen LogP contribution in [-0.2, 0) is 4.79 Å². The molecule has 2 N–H and O–H groups in total. The van der Waals surface area contributed by atoms with Crippen molar-refractivity contribution in [1.29, 1.82) is 0 Å². The summed E-state index contributed by atoms with van der Waals surface area (Å²) in [5, 5.41) is 16.8. The zero-order valence-corrected chi connectivity index (χ0v) is 10.9. The van der Waals surface area contributed by atoms with Gasteiger partial charge in [-0.15, -0.1) is 0 Å². The molecule has 1 saturated heterocycles. The van der Waals surface area contributed by atoms with Gasteiger partial charge in [0.15, 0.2) is 0 Å². The maximum Gasteiger partial charge on any atom is 0.308 e. The van der Waals surface area contributed by atoms with Gasteiger partial charge < -0.3 is 10.0 Å². The van der Waals surface area contributed by atoms with Gasteiger partial charge in [0.2, 0.25) is 0 Å². The molecule has 3 rings (SSSR count). The predicted molar refractivity (Wildman–Crippen MR) is 72.4 cm³/mol. The first-order valence-electron chi connectivity index (χ1n) is 6.60. The van der Waals surface area contributed by atoms with Gasteiger partial charge in [0.05, 0.1) is 17.6 Å². The molecule has 0 radical (unpaired) electrons. The molecular formula is C14H15N3O3. The monoisotopic (exact) mass is 273 g/mol. The lowest BCUT2D eigenvalue weighted by Gasteiger charge is -2.30. The summed E-state index contributed by atoms with van der Waals surface area (Å²) in [5.41, 5.74) is 1.37. The number of aromatic amines is 1. The molecule has 1 amide bonds. The maximum absolute atomic E-state index is 12.4. The largest absolute Gasteiger partial charge is 0.481 e. The van der Waals surface area contributed by atoms with Crippen molar-refractivity contribution in [2.75, 3.05) is 13.1 Å². The van der Waals surface area contributed by atoms with Crippen LogP contribution < -0.4 is 0 Å². The van der Waals surface area contributed by atoms with E-state index < -0.39 is 11.9 Å². The highest BCUT2D eigenvalue weighted by Gasteiger charge is 2.28. The summed E-state index contributed by atoms with van der Waals surface area (Å²) in [5.74, 6) is -1.40. The number of likely N-dealkylation sites (tertiary alicyclic amines) is 1. The lowest BCUT2D eigenvalue weighted by atomic mass is 9.97. The van der Waals surface area contributed by atoms with Crippen LogP contribution in [-0.4, -0.2) is 45.2 Å². The number of nitrogens with zero attached hydrogens (tertiary/aromatic N) is 2. The van der Waals surface area contributed by atoms with Gasteiger partial charge >= 0.3 is 5.97 Å². The second kappa shape index (κ2) is 4.96. The third kappa shape index (κ3) is 2.24. The standard InChI is InChI=1S/C14H15N3O3/c18-13(17-5-1-2-11(8-17)14(19)20)9-3-4-10-7-15-16-12(10)6-9/h3-4,6-7,11H,1-2,5,8H2,(H,15,16)(H,19,20). The van der Waals surface area contributed by atoms with E-state index in [9.17, 15) is 9.59 Å². The fourth-order valence-electron chi connectivity index (χ4n) is 2.62. The van der Waals surface area contributed by atoms with E-state index in [-0.39, 0.29) is 12.5 Å². The van der Waals surface area contributed by atoms with E-state index in [4.69, 9.17) is 5.11 Å².